The molecule has 7 nitrogen and oxygen atoms in total. The van der Waals surface area contributed by atoms with Crippen LogP contribution in [0.25, 0.3) is 0 Å². The molecule has 1 aliphatic carbocycles. The van der Waals surface area contributed by atoms with Crippen molar-refractivity contribution in [2.45, 2.75) is 50.2 Å². The van der Waals surface area contributed by atoms with Crippen LogP contribution in [0.4, 0.5) is 5.69 Å². The number of carbonyl (C=O) groups excluding carboxylic acids is 1. The molecule has 0 unspecified atom stereocenters. The van der Waals surface area contributed by atoms with Crippen molar-refractivity contribution in [1.82, 2.24) is 19.7 Å². The summed E-state index contributed by atoms with van der Waals surface area (Å²) in [4.78, 5) is 17.1. The molecule has 2 aromatic rings. The van der Waals surface area contributed by atoms with Crippen molar-refractivity contribution in [3.63, 3.8) is 0 Å². The quantitative estimate of drug-likeness (QED) is 0.655. The van der Waals surface area contributed by atoms with E-state index in [-0.39, 0.29) is 5.91 Å². The van der Waals surface area contributed by atoms with Crippen LogP contribution in [0, 0.1) is 6.92 Å². The van der Waals surface area contributed by atoms with Crippen molar-refractivity contribution in [1.29, 1.82) is 0 Å². The van der Waals surface area contributed by atoms with E-state index in [2.05, 4.69) is 31.8 Å². The Morgan fingerprint density at radius 2 is 1.77 bits per heavy atom. The molecule has 2 fully saturated rings. The van der Waals surface area contributed by atoms with Crippen LogP contribution in [0.15, 0.2) is 29.4 Å². The van der Waals surface area contributed by atoms with Gasteiger partial charge in [-0.05, 0) is 44.0 Å². The number of hydrogen-bond acceptors (Lipinski definition) is 6. The van der Waals surface area contributed by atoms with Crippen LogP contribution < -0.4 is 9.64 Å². The molecule has 8 heteroatoms. The van der Waals surface area contributed by atoms with Gasteiger partial charge >= 0.3 is 0 Å². The number of hydrogen-bond donors (Lipinski definition) is 0. The molecule has 1 saturated heterocycles. The fourth-order valence-electron chi connectivity index (χ4n) is 4.43. The van der Waals surface area contributed by atoms with Crippen LogP contribution in [0.2, 0.25) is 0 Å². The number of anilines is 1. The number of piperazine rings is 1. The maximum Gasteiger partial charge on any atom is 0.233 e. The van der Waals surface area contributed by atoms with Gasteiger partial charge in [-0.3, -0.25) is 4.79 Å². The Hall–Kier alpha value is -2.22. The fraction of sp³-hybridized carbons (Fsp3) is 0.591. The number of benzene rings is 1. The second-order valence-electron chi connectivity index (χ2n) is 8.05. The number of aryl methyl sites for hydroxylation is 1. The number of rotatable bonds is 6. The lowest BCUT2D eigenvalue weighted by Crippen LogP contribution is -2.49. The summed E-state index contributed by atoms with van der Waals surface area (Å²) in [5.41, 5.74) is 1.17. The van der Waals surface area contributed by atoms with E-state index >= 15 is 0 Å². The van der Waals surface area contributed by atoms with Crippen molar-refractivity contribution in [2.75, 3.05) is 43.9 Å². The highest BCUT2D eigenvalue weighted by Crippen LogP contribution is 2.32. The number of carbonyl (C=O) groups is 1. The summed E-state index contributed by atoms with van der Waals surface area (Å²) in [7, 11) is 1.68. The SMILES string of the molecule is COc1ccc(N2CCN(C(=O)CSc3nnc(C)n3C3CCCCC3)CC2)cc1. The minimum Gasteiger partial charge on any atom is -0.497 e. The van der Waals surface area contributed by atoms with E-state index < -0.39 is 0 Å². The first kappa shape index (κ1) is 21.0. The van der Waals surface area contributed by atoms with Crippen molar-refractivity contribution in [2.24, 2.45) is 0 Å². The first-order valence-electron chi connectivity index (χ1n) is 10.9. The van der Waals surface area contributed by atoms with Gasteiger partial charge in [-0.1, -0.05) is 31.0 Å². The largest absolute Gasteiger partial charge is 0.497 e. The number of amides is 1. The normalized spacial score (nSPS) is 17.9. The number of methoxy groups -OCH3 is 1. The average molecular weight is 430 g/mol. The molecule has 0 N–H and O–H groups in total. The Bertz CT molecular complexity index is 840. The molecule has 162 valence electrons. The van der Waals surface area contributed by atoms with Crippen LogP contribution in [0.5, 0.6) is 5.75 Å². The maximum absolute atomic E-state index is 12.8. The lowest BCUT2D eigenvalue weighted by atomic mass is 9.95. The third-order valence-electron chi connectivity index (χ3n) is 6.17. The molecule has 2 heterocycles. The fourth-order valence-corrected chi connectivity index (χ4v) is 5.39. The summed E-state index contributed by atoms with van der Waals surface area (Å²) in [6.45, 7) is 5.21. The van der Waals surface area contributed by atoms with Gasteiger partial charge in [-0.25, -0.2) is 0 Å². The van der Waals surface area contributed by atoms with E-state index in [9.17, 15) is 4.79 Å². The second kappa shape index (κ2) is 9.73. The summed E-state index contributed by atoms with van der Waals surface area (Å²) in [6.07, 6.45) is 6.23. The monoisotopic (exact) mass is 429 g/mol. The first-order chi connectivity index (χ1) is 14.7. The van der Waals surface area contributed by atoms with E-state index in [0.717, 1.165) is 42.9 Å². The molecule has 1 aliphatic heterocycles. The standard InChI is InChI=1S/C22H31N5O2S/c1-17-23-24-22(27(17)19-6-4-3-5-7-19)30-16-21(28)26-14-12-25(13-15-26)18-8-10-20(29-2)11-9-18/h8-11,19H,3-7,12-16H2,1-2H3. The third-order valence-corrected chi connectivity index (χ3v) is 7.10. The van der Waals surface area contributed by atoms with E-state index in [1.165, 1.54) is 49.6 Å². The lowest BCUT2D eigenvalue weighted by Gasteiger charge is -2.36. The molecule has 1 amide bonds. The van der Waals surface area contributed by atoms with Crippen LogP contribution in [-0.2, 0) is 4.79 Å². The van der Waals surface area contributed by atoms with Gasteiger partial charge in [0.2, 0.25) is 5.91 Å². The number of thioether (sulfide) groups is 1. The van der Waals surface area contributed by atoms with Crippen molar-refractivity contribution < 1.29 is 9.53 Å². The Morgan fingerprint density at radius 3 is 2.43 bits per heavy atom. The van der Waals surface area contributed by atoms with Crippen LogP contribution in [0.1, 0.15) is 44.0 Å². The molecule has 2 aliphatic rings. The van der Waals surface area contributed by atoms with Gasteiger partial charge in [0.15, 0.2) is 5.16 Å². The van der Waals surface area contributed by atoms with Crippen molar-refractivity contribution >= 4 is 23.4 Å². The summed E-state index contributed by atoms with van der Waals surface area (Å²) >= 11 is 1.54. The average Bonchev–Trinajstić information content (AvgIpc) is 3.18. The molecule has 4 rings (SSSR count). The maximum atomic E-state index is 12.8. The van der Waals surface area contributed by atoms with E-state index in [4.69, 9.17) is 4.74 Å². The van der Waals surface area contributed by atoms with Crippen LogP contribution in [0.3, 0.4) is 0 Å². The highest BCUT2D eigenvalue weighted by atomic mass is 32.2. The van der Waals surface area contributed by atoms with E-state index in [1.54, 1.807) is 7.11 Å². The van der Waals surface area contributed by atoms with E-state index in [1.807, 2.05) is 24.0 Å². The smallest absolute Gasteiger partial charge is 0.233 e. The molecule has 0 atom stereocenters. The van der Waals surface area contributed by atoms with Gasteiger partial charge in [0, 0.05) is 37.9 Å². The molecule has 1 aromatic heterocycles. The molecular weight excluding hydrogens is 398 g/mol. The van der Waals surface area contributed by atoms with Crippen molar-refractivity contribution in [3.8, 4) is 5.75 Å². The molecule has 1 aromatic carbocycles. The van der Waals surface area contributed by atoms with Gasteiger partial charge in [0.25, 0.3) is 0 Å². The zero-order valence-corrected chi connectivity index (χ0v) is 18.7. The van der Waals surface area contributed by atoms with Gasteiger partial charge in [-0.2, -0.15) is 0 Å². The highest BCUT2D eigenvalue weighted by Gasteiger charge is 2.24. The van der Waals surface area contributed by atoms with Crippen LogP contribution >= 0.6 is 11.8 Å². The predicted octanol–water partition coefficient (Wildman–Crippen LogP) is 3.54. The molecular formula is C22H31N5O2S. The summed E-state index contributed by atoms with van der Waals surface area (Å²) in [6, 6.07) is 8.60. The summed E-state index contributed by atoms with van der Waals surface area (Å²) in [5.74, 6) is 2.43. The highest BCUT2D eigenvalue weighted by molar-refractivity contribution is 7.99. The van der Waals surface area contributed by atoms with Gasteiger partial charge in [-0.15, -0.1) is 10.2 Å². The molecule has 0 spiro atoms. The minimum atomic E-state index is 0.185. The molecule has 30 heavy (non-hydrogen) atoms. The third kappa shape index (κ3) is 4.74. The van der Waals surface area contributed by atoms with E-state index in [0.29, 0.717) is 11.8 Å². The molecule has 0 radical (unpaired) electrons. The molecule has 0 bridgehead atoms. The lowest BCUT2D eigenvalue weighted by molar-refractivity contribution is -0.128. The first-order valence-corrected chi connectivity index (χ1v) is 11.9. The number of nitrogens with zero attached hydrogens (tertiary/aromatic N) is 5. The second-order valence-corrected chi connectivity index (χ2v) is 8.99. The zero-order valence-electron chi connectivity index (χ0n) is 17.9. The van der Waals surface area contributed by atoms with Crippen molar-refractivity contribution in [3.05, 3.63) is 30.1 Å². The summed E-state index contributed by atoms with van der Waals surface area (Å²) in [5, 5.41) is 9.54. The number of ether oxygens (including phenoxy) is 1. The Balaban J connectivity index is 1.29. The Kier molecular flexibility index (Phi) is 6.82. The van der Waals surface area contributed by atoms with Gasteiger partial charge < -0.3 is 19.1 Å². The summed E-state index contributed by atoms with van der Waals surface area (Å²) < 4.78 is 7.49. The van der Waals surface area contributed by atoms with Crippen LogP contribution in [-0.4, -0.2) is 64.6 Å². The van der Waals surface area contributed by atoms with Gasteiger partial charge in [0.1, 0.15) is 11.6 Å². The Labute approximate surface area is 182 Å². The minimum absolute atomic E-state index is 0.185. The predicted molar refractivity (Wildman–Crippen MR) is 119 cm³/mol. The Morgan fingerprint density at radius 1 is 1.07 bits per heavy atom. The molecule has 1 saturated carbocycles. The topological polar surface area (TPSA) is 63.5 Å². The number of aromatic nitrogens is 3. The van der Waals surface area contributed by atoms with Gasteiger partial charge in [0.05, 0.1) is 12.9 Å². The zero-order chi connectivity index (χ0) is 20.9.